The van der Waals surface area contributed by atoms with Crippen LogP contribution in [0.5, 0.6) is 5.75 Å². The minimum Gasteiger partial charge on any atom is -0.497 e. The maximum absolute atomic E-state index is 5.67. The number of nitrogens with zero attached hydrogens (tertiary/aromatic N) is 3. The molecule has 4 rings (SSSR count). The fourth-order valence-electron chi connectivity index (χ4n) is 3.75. The maximum atomic E-state index is 5.67. The molecule has 6 nitrogen and oxygen atoms in total. The second kappa shape index (κ2) is 7.56. The Morgan fingerprint density at radius 3 is 3.00 bits per heavy atom. The molecule has 0 amide bonds. The third kappa shape index (κ3) is 3.62. The number of H-pyrrole nitrogens is 1. The maximum Gasteiger partial charge on any atom is 0.154 e. The molecule has 3 aromatic rings. The van der Waals surface area contributed by atoms with E-state index in [1.807, 2.05) is 24.4 Å². The van der Waals surface area contributed by atoms with E-state index in [0.29, 0.717) is 5.92 Å². The van der Waals surface area contributed by atoms with E-state index < -0.39 is 0 Å². The van der Waals surface area contributed by atoms with Gasteiger partial charge in [-0.25, -0.2) is 0 Å². The quantitative estimate of drug-likeness (QED) is 0.694. The van der Waals surface area contributed by atoms with Gasteiger partial charge in [-0.1, -0.05) is 31.1 Å². The number of nitrogens with one attached hydrogen (secondary N) is 1. The van der Waals surface area contributed by atoms with Crippen molar-refractivity contribution in [3.05, 3.63) is 53.5 Å². The van der Waals surface area contributed by atoms with Crippen molar-refractivity contribution in [2.45, 2.75) is 45.2 Å². The highest BCUT2D eigenvalue weighted by molar-refractivity contribution is 5.64. The Bertz CT molecular complexity index is 899. The Morgan fingerprint density at radius 2 is 2.22 bits per heavy atom. The molecule has 2 aromatic heterocycles. The molecule has 0 aliphatic carbocycles. The molecule has 1 N–H and O–H groups in total. The number of ether oxygens (including phenoxy) is 1. The predicted octanol–water partition coefficient (Wildman–Crippen LogP) is 4.53. The fraction of sp³-hybridized carbons (Fsp3) is 0.429. The third-order valence-electron chi connectivity index (χ3n) is 5.28. The van der Waals surface area contributed by atoms with Crippen LogP contribution in [0.3, 0.4) is 0 Å². The van der Waals surface area contributed by atoms with Gasteiger partial charge in [-0.05, 0) is 37.4 Å². The van der Waals surface area contributed by atoms with Crippen LogP contribution in [0.15, 0.2) is 41.1 Å². The van der Waals surface area contributed by atoms with Gasteiger partial charge in [-0.2, -0.15) is 5.10 Å². The molecule has 0 unspecified atom stereocenters. The molecule has 1 fully saturated rings. The molecule has 6 heteroatoms. The molecule has 0 spiro atoms. The average molecular weight is 366 g/mol. The van der Waals surface area contributed by atoms with Crippen LogP contribution < -0.4 is 4.74 Å². The van der Waals surface area contributed by atoms with Crippen molar-refractivity contribution in [1.29, 1.82) is 0 Å². The van der Waals surface area contributed by atoms with Gasteiger partial charge >= 0.3 is 0 Å². The Hall–Kier alpha value is -2.60. The number of benzene rings is 1. The van der Waals surface area contributed by atoms with E-state index >= 15 is 0 Å². The lowest BCUT2D eigenvalue weighted by atomic mass is 10.1. The minimum absolute atomic E-state index is 0.276. The van der Waals surface area contributed by atoms with Crippen LogP contribution in [-0.2, 0) is 6.54 Å². The third-order valence-corrected chi connectivity index (χ3v) is 5.28. The molecule has 1 aromatic carbocycles. The van der Waals surface area contributed by atoms with Crippen molar-refractivity contribution in [2.75, 3.05) is 13.7 Å². The SMILES string of the molecule is COc1cccc(-c2[nH]ncc2CN2CCC[C@@H]2c2cc(C(C)C)no2)c1. The molecule has 0 radical (unpaired) electrons. The molecule has 27 heavy (non-hydrogen) atoms. The monoisotopic (exact) mass is 366 g/mol. The standard InChI is InChI=1S/C21H26N4O2/c1-14(2)18-11-20(27-24-18)19-8-5-9-25(19)13-16-12-22-23-21(16)15-6-4-7-17(10-15)26-3/h4,6-7,10-12,14,19H,5,8-9,13H2,1-3H3,(H,22,23)/t19-/m1/s1. The highest BCUT2D eigenvalue weighted by Gasteiger charge is 2.30. The molecule has 0 bridgehead atoms. The fourth-order valence-corrected chi connectivity index (χ4v) is 3.75. The van der Waals surface area contributed by atoms with E-state index in [0.717, 1.165) is 54.4 Å². The normalized spacial score (nSPS) is 17.7. The number of rotatable bonds is 6. The first-order valence-corrected chi connectivity index (χ1v) is 9.53. The molecule has 3 heterocycles. The molecule has 0 saturated carbocycles. The van der Waals surface area contributed by atoms with Gasteiger partial charge in [-0.15, -0.1) is 0 Å². The van der Waals surface area contributed by atoms with Crippen molar-refractivity contribution in [3.8, 4) is 17.0 Å². The summed E-state index contributed by atoms with van der Waals surface area (Å²) in [5.41, 5.74) is 4.33. The zero-order valence-corrected chi connectivity index (χ0v) is 16.1. The van der Waals surface area contributed by atoms with E-state index in [4.69, 9.17) is 9.26 Å². The lowest BCUT2D eigenvalue weighted by molar-refractivity contribution is 0.206. The summed E-state index contributed by atoms with van der Waals surface area (Å²) < 4.78 is 11.0. The lowest BCUT2D eigenvalue weighted by Crippen LogP contribution is -2.22. The van der Waals surface area contributed by atoms with Crippen LogP contribution >= 0.6 is 0 Å². The first kappa shape index (κ1) is 17.8. The minimum atomic E-state index is 0.276. The number of aromatic nitrogens is 3. The largest absolute Gasteiger partial charge is 0.497 e. The second-order valence-electron chi connectivity index (χ2n) is 7.44. The summed E-state index contributed by atoms with van der Waals surface area (Å²) in [5, 5.41) is 11.7. The van der Waals surface area contributed by atoms with Gasteiger partial charge in [0.15, 0.2) is 5.76 Å². The first-order chi connectivity index (χ1) is 13.2. The summed E-state index contributed by atoms with van der Waals surface area (Å²) in [6, 6.07) is 10.5. The summed E-state index contributed by atoms with van der Waals surface area (Å²) in [4.78, 5) is 2.46. The van der Waals surface area contributed by atoms with E-state index in [9.17, 15) is 0 Å². The summed E-state index contributed by atoms with van der Waals surface area (Å²) in [5.74, 6) is 2.20. The molecule has 1 aliphatic heterocycles. The van der Waals surface area contributed by atoms with Gasteiger partial charge in [0.25, 0.3) is 0 Å². The van der Waals surface area contributed by atoms with Crippen molar-refractivity contribution < 1.29 is 9.26 Å². The van der Waals surface area contributed by atoms with Crippen LogP contribution in [-0.4, -0.2) is 33.9 Å². The van der Waals surface area contributed by atoms with Crippen LogP contribution in [0.4, 0.5) is 0 Å². The Morgan fingerprint density at radius 1 is 1.33 bits per heavy atom. The van der Waals surface area contributed by atoms with Crippen LogP contribution in [0.1, 0.15) is 55.7 Å². The number of methoxy groups -OCH3 is 1. The lowest BCUT2D eigenvalue weighted by Gasteiger charge is -2.22. The van der Waals surface area contributed by atoms with E-state index in [1.54, 1.807) is 7.11 Å². The summed E-state index contributed by atoms with van der Waals surface area (Å²) in [7, 11) is 1.69. The van der Waals surface area contributed by atoms with E-state index in [1.165, 1.54) is 5.56 Å². The Kier molecular flexibility index (Phi) is 4.99. The highest BCUT2D eigenvalue weighted by atomic mass is 16.5. The molecule has 1 saturated heterocycles. The van der Waals surface area contributed by atoms with Crippen molar-refractivity contribution >= 4 is 0 Å². The Labute approximate surface area is 159 Å². The highest BCUT2D eigenvalue weighted by Crippen LogP contribution is 2.35. The van der Waals surface area contributed by atoms with Crippen LogP contribution in [0, 0.1) is 0 Å². The van der Waals surface area contributed by atoms with Gasteiger partial charge in [0.2, 0.25) is 0 Å². The predicted molar refractivity (Wildman–Crippen MR) is 104 cm³/mol. The van der Waals surface area contributed by atoms with Crippen molar-refractivity contribution in [1.82, 2.24) is 20.3 Å². The molecular formula is C21H26N4O2. The first-order valence-electron chi connectivity index (χ1n) is 9.53. The molecule has 1 aliphatic rings. The van der Waals surface area contributed by atoms with E-state index in [2.05, 4.69) is 46.2 Å². The number of aromatic amines is 1. The van der Waals surface area contributed by atoms with Gasteiger partial charge in [0.1, 0.15) is 5.75 Å². The topological polar surface area (TPSA) is 67.2 Å². The van der Waals surface area contributed by atoms with Gasteiger partial charge in [0, 0.05) is 23.7 Å². The van der Waals surface area contributed by atoms with Crippen molar-refractivity contribution in [2.24, 2.45) is 0 Å². The number of hydrogen-bond donors (Lipinski definition) is 1. The molecule has 1 atom stereocenters. The summed E-state index contributed by atoms with van der Waals surface area (Å²) in [6.45, 7) is 6.15. The van der Waals surface area contributed by atoms with Crippen molar-refractivity contribution in [3.63, 3.8) is 0 Å². The zero-order valence-electron chi connectivity index (χ0n) is 16.1. The molecular weight excluding hydrogens is 340 g/mol. The van der Waals surface area contributed by atoms with E-state index in [-0.39, 0.29) is 6.04 Å². The second-order valence-corrected chi connectivity index (χ2v) is 7.44. The smallest absolute Gasteiger partial charge is 0.154 e. The molecule has 142 valence electrons. The van der Waals surface area contributed by atoms with Gasteiger partial charge in [-0.3, -0.25) is 10.00 Å². The van der Waals surface area contributed by atoms with Crippen LogP contribution in [0.2, 0.25) is 0 Å². The Balaban J connectivity index is 1.56. The number of hydrogen-bond acceptors (Lipinski definition) is 5. The van der Waals surface area contributed by atoms with Gasteiger partial charge < -0.3 is 9.26 Å². The average Bonchev–Trinajstić information content (AvgIpc) is 3.42. The number of likely N-dealkylation sites (tertiary alicyclic amines) is 1. The van der Waals surface area contributed by atoms with Gasteiger partial charge in [0.05, 0.1) is 30.7 Å². The summed E-state index contributed by atoms with van der Waals surface area (Å²) in [6.07, 6.45) is 4.18. The van der Waals surface area contributed by atoms with Crippen LogP contribution in [0.25, 0.3) is 11.3 Å². The zero-order chi connectivity index (χ0) is 18.8. The summed E-state index contributed by atoms with van der Waals surface area (Å²) >= 11 is 0.